The monoisotopic (exact) mass is 438 g/mol. The summed E-state index contributed by atoms with van der Waals surface area (Å²) < 4.78 is 20.2. The first-order valence-electron chi connectivity index (χ1n) is 10.3. The minimum Gasteiger partial charge on any atom is -0.442 e. The molecule has 2 aromatic rings. The van der Waals surface area contributed by atoms with Crippen molar-refractivity contribution in [1.82, 2.24) is 10.3 Å². The van der Waals surface area contributed by atoms with Crippen molar-refractivity contribution < 1.29 is 18.7 Å². The number of nitriles is 1. The molecular weight excluding hydrogens is 415 g/mol. The topological polar surface area (TPSA) is 102 Å². The number of pyridine rings is 1. The number of ether oxygens (including phenoxy) is 1. The van der Waals surface area contributed by atoms with Crippen LogP contribution in [0.1, 0.15) is 12.5 Å². The van der Waals surface area contributed by atoms with Gasteiger partial charge in [-0.25, -0.2) is 14.2 Å². The fourth-order valence-electron chi connectivity index (χ4n) is 3.85. The minimum absolute atomic E-state index is 0.205. The number of anilines is 3. The summed E-state index contributed by atoms with van der Waals surface area (Å²) in [6.45, 7) is 4.33. The smallest absolute Gasteiger partial charge is 0.414 e. The van der Waals surface area contributed by atoms with Gasteiger partial charge >= 0.3 is 6.09 Å². The molecule has 4 rings (SSSR count). The van der Waals surface area contributed by atoms with Crippen LogP contribution in [0.3, 0.4) is 0 Å². The zero-order valence-electron chi connectivity index (χ0n) is 17.6. The Balaban J connectivity index is 1.39. The quantitative estimate of drug-likeness (QED) is 0.761. The normalized spacial score (nSPS) is 18.3. The number of rotatable bonds is 5. The van der Waals surface area contributed by atoms with E-state index in [1.807, 2.05) is 4.90 Å². The van der Waals surface area contributed by atoms with Crippen molar-refractivity contribution in [3.8, 4) is 6.07 Å². The molecule has 1 atom stereocenters. The van der Waals surface area contributed by atoms with Gasteiger partial charge in [-0.15, -0.1) is 0 Å². The molecule has 1 aromatic heterocycles. The lowest BCUT2D eigenvalue weighted by Crippen LogP contribution is -2.47. The summed E-state index contributed by atoms with van der Waals surface area (Å²) in [5, 5.41) is 11.7. The van der Waals surface area contributed by atoms with E-state index in [-0.39, 0.29) is 19.0 Å². The maximum Gasteiger partial charge on any atom is 0.414 e. The van der Waals surface area contributed by atoms with E-state index in [9.17, 15) is 14.0 Å². The number of cyclic esters (lactones) is 1. The Morgan fingerprint density at radius 3 is 2.69 bits per heavy atom. The lowest BCUT2D eigenvalue weighted by Gasteiger charge is -2.37. The summed E-state index contributed by atoms with van der Waals surface area (Å²) in [5.41, 5.74) is 1.44. The number of aromatic nitrogens is 1. The molecule has 9 nitrogen and oxygen atoms in total. The van der Waals surface area contributed by atoms with E-state index in [0.29, 0.717) is 43.1 Å². The highest BCUT2D eigenvalue weighted by atomic mass is 19.1. The molecule has 0 aliphatic carbocycles. The van der Waals surface area contributed by atoms with E-state index >= 15 is 0 Å². The number of nitrogens with one attached hydrogen (secondary N) is 1. The molecule has 0 bridgehead atoms. The minimum atomic E-state index is -0.562. The van der Waals surface area contributed by atoms with Gasteiger partial charge < -0.3 is 19.9 Å². The number of nitrogens with zero attached hydrogens (tertiary/aromatic N) is 5. The number of halogens is 1. The molecule has 2 fully saturated rings. The van der Waals surface area contributed by atoms with Gasteiger partial charge in [0.05, 0.1) is 36.1 Å². The molecule has 10 heteroatoms. The van der Waals surface area contributed by atoms with Crippen molar-refractivity contribution in [2.45, 2.75) is 13.0 Å². The largest absolute Gasteiger partial charge is 0.442 e. The second kappa shape index (κ2) is 9.09. The average Bonchev–Trinajstić information content (AvgIpc) is 3.18. The summed E-state index contributed by atoms with van der Waals surface area (Å²) in [5.74, 6) is 0.114. The Labute approximate surface area is 185 Å². The number of hydrogen-bond acceptors (Lipinski definition) is 7. The first kappa shape index (κ1) is 21.4. The lowest BCUT2D eigenvalue weighted by atomic mass is 10.2. The predicted molar refractivity (Wildman–Crippen MR) is 116 cm³/mol. The summed E-state index contributed by atoms with van der Waals surface area (Å²) in [4.78, 5) is 32.9. The van der Waals surface area contributed by atoms with Gasteiger partial charge in [-0.05, 0) is 30.3 Å². The molecule has 2 aliphatic heterocycles. The average molecular weight is 438 g/mol. The fraction of sp³-hybridized carbons (Fsp3) is 0.364. The predicted octanol–water partition coefficient (Wildman–Crippen LogP) is 1.88. The maximum atomic E-state index is 14.9. The van der Waals surface area contributed by atoms with Crippen LogP contribution in [0.15, 0.2) is 36.5 Å². The van der Waals surface area contributed by atoms with Crippen LogP contribution in [0, 0.1) is 17.1 Å². The van der Waals surface area contributed by atoms with Crippen molar-refractivity contribution in [2.24, 2.45) is 0 Å². The molecule has 3 heterocycles. The van der Waals surface area contributed by atoms with E-state index in [1.54, 1.807) is 30.5 Å². The van der Waals surface area contributed by atoms with Crippen molar-refractivity contribution >= 4 is 29.2 Å². The Kier molecular flexibility index (Phi) is 6.07. The molecule has 2 amide bonds. The Morgan fingerprint density at radius 1 is 1.25 bits per heavy atom. The number of hydrogen-bond donors (Lipinski definition) is 1. The molecule has 1 aromatic carbocycles. The number of piperazine rings is 1. The van der Waals surface area contributed by atoms with Crippen LogP contribution in [0.4, 0.5) is 26.4 Å². The van der Waals surface area contributed by atoms with Crippen LogP contribution in [0.2, 0.25) is 0 Å². The Hall–Kier alpha value is -3.87. The molecule has 166 valence electrons. The third-order valence-corrected chi connectivity index (χ3v) is 5.51. The third kappa shape index (κ3) is 4.56. The summed E-state index contributed by atoms with van der Waals surface area (Å²) >= 11 is 0. The zero-order valence-corrected chi connectivity index (χ0v) is 17.6. The van der Waals surface area contributed by atoms with Gasteiger partial charge in [0, 0.05) is 39.3 Å². The molecule has 0 spiro atoms. The summed E-state index contributed by atoms with van der Waals surface area (Å²) in [6.07, 6.45) is 0.575. The molecule has 0 radical (unpaired) electrons. The second-order valence-corrected chi connectivity index (χ2v) is 7.68. The SMILES string of the molecule is CC(=O)NC[C@H]1CN(c2ccc(N3CCN(c4cc(C#N)ccn4)CC3)c(F)c2)C(=O)O1. The van der Waals surface area contributed by atoms with E-state index in [4.69, 9.17) is 10.00 Å². The molecule has 2 saturated heterocycles. The fourth-order valence-corrected chi connectivity index (χ4v) is 3.85. The van der Waals surface area contributed by atoms with Gasteiger partial charge in [0.1, 0.15) is 17.7 Å². The number of amides is 2. The van der Waals surface area contributed by atoms with Gasteiger partial charge in [0.2, 0.25) is 5.91 Å². The molecule has 0 unspecified atom stereocenters. The highest BCUT2D eigenvalue weighted by molar-refractivity contribution is 5.90. The first-order valence-corrected chi connectivity index (χ1v) is 10.3. The molecule has 2 aliphatic rings. The maximum absolute atomic E-state index is 14.9. The highest BCUT2D eigenvalue weighted by Crippen LogP contribution is 2.29. The Bertz CT molecular complexity index is 1060. The van der Waals surface area contributed by atoms with Gasteiger partial charge in [-0.2, -0.15) is 5.26 Å². The number of benzene rings is 1. The van der Waals surface area contributed by atoms with Crippen LogP contribution in [0.25, 0.3) is 0 Å². The van der Waals surface area contributed by atoms with E-state index < -0.39 is 18.0 Å². The highest BCUT2D eigenvalue weighted by Gasteiger charge is 2.33. The van der Waals surface area contributed by atoms with Gasteiger partial charge in [-0.3, -0.25) is 9.69 Å². The van der Waals surface area contributed by atoms with Crippen molar-refractivity contribution in [2.75, 3.05) is 54.0 Å². The van der Waals surface area contributed by atoms with Crippen LogP contribution in [-0.2, 0) is 9.53 Å². The third-order valence-electron chi connectivity index (χ3n) is 5.51. The van der Waals surface area contributed by atoms with Crippen molar-refractivity contribution in [1.29, 1.82) is 5.26 Å². The van der Waals surface area contributed by atoms with Gasteiger partial charge in [0.25, 0.3) is 0 Å². The van der Waals surface area contributed by atoms with Crippen molar-refractivity contribution in [3.05, 3.63) is 47.9 Å². The van der Waals surface area contributed by atoms with E-state index in [1.165, 1.54) is 17.9 Å². The lowest BCUT2D eigenvalue weighted by molar-refractivity contribution is -0.119. The number of carbonyl (C=O) groups is 2. The Morgan fingerprint density at radius 2 is 2.00 bits per heavy atom. The van der Waals surface area contributed by atoms with Crippen LogP contribution < -0.4 is 20.0 Å². The van der Waals surface area contributed by atoms with Crippen LogP contribution in [-0.4, -0.2) is 62.4 Å². The van der Waals surface area contributed by atoms with Gasteiger partial charge in [-0.1, -0.05) is 0 Å². The summed E-state index contributed by atoms with van der Waals surface area (Å²) in [7, 11) is 0. The van der Waals surface area contributed by atoms with E-state index in [0.717, 1.165) is 5.82 Å². The van der Waals surface area contributed by atoms with Crippen LogP contribution in [0.5, 0.6) is 0 Å². The van der Waals surface area contributed by atoms with Gasteiger partial charge in [0.15, 0.2) is 0 Å². The molecule has 32 heavy (non-hydrogen) atoms. The summed E-state index contributed by atoms with van der Waals surface area (Å²) in [6, 6.07) is 10.2. The first-order chi connectivity index (χ1) is 15.4. The standard InChI is InChI=1S/C22H23FN6O3/c1-15(30)26-13-18-14-29(22(31)32-18)17-2-3-20(19(23)11-17)27-6-8-28(9-7-27)21-10-16(12-24)4-5-25-21/h2-5,10-11,18H,6-9,13-14H2,1H3,(H,26,30)/t18-/m0/s1. The second-order valence-electron chi connectivity index (χ2n) is 7.68. The molecule has 1 N–H and O–H groups in total. The van der Waals surface area contributed by atoms with Crippen molar-refractivity contribution in [3.63, 3.8) is 0 Å². The van der Waals surface area contributed by atoms with E-state index in [2.05, 4.69) is 21.3 Å². The molecular formula is C22H23FN6O3. The van der Waals surface area contributed by atoms with Crippen LogP contribution >= 0.6 is 0 Å². The molecule has 0 saturated carbocycles. The number of carbonyl (C=O) groups excluding carboxylic acids is 2. The zero-order chi connectivity index (χ0) is 22.7.